The summed E-state index contributed by atoms with van der Waals surface area (Å²) in [6.45, 7) is 2.64. The van der Waals surface area contributed by atoms with E-state index in [0.29, 0.717) is 6.61 Å². The maximum Gasteiger partial charge on any atom is 0.195 e. The minimum Gasteiger partial charge on any atom is -0.497 e. The molecule has 0 radical (unpaired) electrons. The second kappa shape index (κ2) is 7.76. The lowest BCUT2D eigenvalue weighted by Crippen LogP contribution is -2.43. The van der Waals surface area contributed by atoms with Crippen molar-refractivity contribution < 1.29 is 14.2 Å². The van der Waals surface area contributed by atoms with Gasteiger partial charge in [-0.15, -0.1) is 0 Å². The van der Waals surface area contributed by atoms with Gasteiger partial charge in [0.2, 0.25) is 0 Å². The molecule has 2 aliphatic heterocycles. The highest BCUT2D eigenvalue weighted by molar-refractivity contribution is 5.68. The lowest BCUT2D eigenvalue weighted by Gasteiger charge is -2.39. The summed E-state index contributed by atoms with van der Waals surface area (Å²) in [5, 5.41) is 2.16. The average molecular weight is 400 g/mol. The van der Waals surface area contributed by atoms with Crippen LogP contribution in [0.5, 0.6) is 17.2 Å². The molecule has 0 bridgehead atoms. The van der Waals surface area contributed by atoms with Gasteiger partial charge in [-0.2, -0.15) is 5.01 Å². The number of hydrogen-bond acceptors (Lipinski definition) is 5. The van der Waals surface area contributed by atoms with Gasteiger partial charge < -0.3 is 19.6 Å². The first-order valence-corrected chi connectivity index (χ1v) is 10.2. The molecular formula is C25H24N2O3. The first-order chi connectivity index (χ1) is 14.8. The van der Waals surface area contributed by atoms with Gasteiger partial charge in [-0.25, -0.2) is 0 Å². The van der Waals surface area contributed by atoms with Crippen LogP contribution >= 0.6 is 0 Å². The van der Waals surface area contributed by atoms with E-state index in [9.17, 15) is 0 Å². The number of fused-ring (bicyclic) bond motifs is 3. The van der Waals surface area contributed by atoms with Crippen molar-refractivity contribution in [3.05, 3.63) is 95.6 Å². The Kier molecular flexibility index (Phi) is 4.81. The van der Waals surface area contributed by atoms with E-state index in [1.807, 2.05) is 43.3 Å². The molecule has 2 heterocycles. The molecule has 5 nitrogen and oxygen atoms in total. The van der Waals surface area contributed by atoms with Gasteiger partial charge in [0.25, 0.3) is 0 Å². The molecule has 3 aromatic rings. The fraction of sp³-hybridized carbons (Fsp3) is 0.200. The summed E-state index contributed by atoms with van der Waals surface area (Å²) in [5.41, 5.74) is 7.95. The first kappa shape index (κ1) is 18.6. The highest BCUT2D eigenvalue weighted by Crippen LogP contribution is 2.46. The van der Waals surface area contributed by atoms with Gasteiger partial charge in [0.15, 0.2) is 6.23 Å². The van der Waals surface area contributed by atoms with E-state index < -0.39 is 0 Å². The van der Waals surface area contributed by atoms with Gasteiger partial charge in [-0.1, -0.05) is 30.3 Å². The highest BCUT2D eigenvalue weighted by atomic mass is 16.5. The van der Waals surface area contributed by atoms with Crippen LogP contribution in [0, 0.1) is 0 Å². The van der Waals surface area contributed by atoms with Crippen LogP contribution in [0.25, 0.3) is 5.70 Å². The number of methoxy groups -OCH3 is 1. The smallest absolute Gasteiger partial charge is 0.195 e. The maximum atomic E-state index is 6.42. The summed E-state index contributed by atoms with van der Waals surface area (Å²) >= 11 is 0. The molecule has 3 aromatic carbocycles. The van der Waals surface area contributed by atoms with Crippen LogP contribution in [0.15, 0.2) is 78.9 Å². The van der Waals surface area contributed by atoms with Crippen LogP contribution in [0.1, 0.15) is 35.9 Å². The molecule has 2 atom stereocenters. The van der Waals surface area contributed by atoms with E-state index >= 15 is 0 Å². The predicted molar refractivity (Wildman–Crippen MR) is 116 cm³/mol. The highest BCUT2D eigenvalue weighted by Gasteiger charge is 2.40. The number of hydrogen-bond donors (Lipinski definition) is 1. The van der Waals surface area contributed by atoms with Crippen molar-refractivity contribution in [1.82, 2.24) is 10.4 Å². The molecule has 0 aromatic heterocycles. The van der Waals surface area contributed by atoms with Crippen LogP contribution in [0.3, 0.4) is 0 Å². The molecule has 0 saturated carbocycles. The van der Waals surface area contributed by atoms with Gasteiger partial charge in [0.05, 0.1) is 25.5 Å². The standard InChI is InChI=1S/C25H24N2O3/c1-3-29-20-14-10-18(11-15-20)25-27-23(21-6-4-5-7-24(21)30-25)16-22(26-27)17-8-12-19(28-2)13-9-17/h4-16,23,25-26H,3H2,1-2H3/t23-,25+/m1/s1. The number of nitrogens with one attached hydrogen (secondary N) is 1. The molecule has 0 amide bonds. The van der Waals surface area contributed by atoms with Crippen LogP contribution in [-0.4, -0.2) is 18.7 Å². The Balaban J connectivity index is 1.50. The van der Waals surface area contributed by atoms with Gasteiger partial charge in [0, 0.05) is 11.1 Å². The number of rotatable bonds is 5. The van der Waals surface area contributed by atoms with E-state index in [2.05, 4.69) is 52.9 Å². The quantitative estimate of drug-likeness (QED) is 0.646. The molecule has 0 aliphatic carbocycles. The topological polar surface area (TPSA) is 43.0 Å². The molecule has 0 unspecified atom stereocenters. The largest absolute Gasteiger partial charge is 0.497 e. The van der Waals surface area contributed by atoms with Gasteiger partial charge >= 0.3 is 0 Å². The zero-order chi connectivity index (χ0) is 20.5. The SMILES string of the molecule is CCOc1ccc([C@@H]2Oc3ccccc3[C@H]3C=C(c4ccc(OC)cc4)NN32)cc1. The minimum atomic E-state index is -0.257. The Morgan fingerprint density at radius 3 is 2.40 bits per heavy atom. The van der Waals surface area contributed by atoms with Crippen LogP contribution in [-0.2, 0) is 0 Å². The Hall–Kier alpha value is -3.44. The Morgan fingerprint density at radius 2 is 1.67 bits per heavy atom. The monoisotopic (exact) mass is 400 g/mol. The molecule has 5 heteroatoms. The van der Waals surface area contributed by atoms with E-state index in [-0.39, 0.29) is 12.3 Å². The Labute approximate surface area is 176 Å². The molecule has 2 aliphatic rings. The number of benzene rings is 3. The lowest BCUT2D eigenvalue weighted by molar-refractivity contribution is -0.0326. The van der Waals surface area contributed by atoms with Crippen molar-refractivity contribution in [2.75, 3.05) is 13.7 Å². The second-order valence-corrected chi connectivity index (χ2v) is 7.28. The van der Waals surface area contributed by atoms with E-state index in [1.54, 1.807) is 7.11 Å². The van der Waals surface area contributed by atoms with Crippen molar-refractivity contribution in [3.63, 3.8) is 0 Å². The molecular weight excluding hydrogens is 376 g/mol. The Bertz CT molecular complexity index is 1060. The number of hydrazine groups is 1. The molecule has 30 heavy (non-hydrogen) atoms. The summed E-state index contributed by atoms with van der Waals surface area (Å²) in [4.78, 5) is 0. The van der Waals surface area contributed by atoms with Crippen molar-refractivity contribution >= 4 is 5.70 Å². The summed E-state index contributed by atoms with van der Waals surface area (Å²) in [7, 11) is 1.68. The normalized spacial score (nSPS) is 19.7. The fourth-order valence-electron chi connectivity index (χ4n) is 3.99. The van der Waals surface area contributed by atoms with Crippen molar-refractivity contribution in [2.45, 2.75) is 19.2 Å². The third-order valence-electron chi connectivity index (χ3n) is 5.48. The van der Waals surface area contributed by atoms with Crippen molar-refractivity contribution in [2.24, 2.45) is 0 Å². The van der Waals surface area contributed by atoms with Crippen LogP contribution < -0.4 is 19.6 Å². The number of para-hydroxylation sites is 1. The molecule has 152 valence electrons. The summed E-state index contributed by atoms with van der Waals surface area (Å²) < 4.78 is 17.3. The number of nitrogens with zero attached hydrogens (tertiary/aromatic N) is 1. The van der Waals surface area contributed by atoms with E-state index in [0.717, 1.165) is 39.6 Å². The molecule has 1 N–H and O–H groups in total. The zero-order valence-corrected chi connectivity index (χ0v) is 17.0. The third-order valence-corrected chi connectivity index (χ3v) is 5.48. The minimum absolute atomic E-state index is 0.0728. The third kappa shape index (κ3) is 3.27. The molecule has 0 spiro atoms. The molecule has 0 fully saturated rings. The molecule has 0 saturated heterocycles. The first-order valence-electron chi connectivity index (χ1n) is 10.2. The second-order valence-electron chi connectivity index (χ2n) is 7.28. The van der Waals surface area contributed by atoms with Gasteiger partial charge in [-0.3, -0.25) is 0 Å². The van der Waals surface area contributed by atoms with E-state index in [4.69, 9.17) is 14.2 Å². The number of ether oxygens (including phenoxy) is 3. The van der Waals surface area contributed by atoms with Crippen LogP contribution in [0.4, 0.5) is 0 Å². The average Bonchev–Trinajstić information content (AvgIpc) is 3.25. The van der Waals surface area contributed by atoms with Gasteiger partial charge in [-0.05, 0) is 61.0 Å². The van der Waals surface area contributed by atoms with Gasteiger partial charge in [0.1, 0.15) is 17.2 Å². The lowest BCUT2D eigenvalue weighted by atomic mass is 10.0. The predicted octanol–water partition coefficient (Wildman–Crippen LogP) is 5.09. The Morgan fingerprint density at radius 1 is 0.933 bits per heavy atom. The zero-order valence-electron chi connectivity index (χ0n) is 17.0. The molecule has 5 rings (SSSR count). The van der Waals surface area contributed by atoms with E-state index in [1.165, 1.54) is 0 Å². The summed E-state index contributed by atoms with van der Waals surface area (Å²) in [5.74, 6) is 2.61. The summed E-state index contributed by atoms with van der Waals surface area (Å²) in [6, 6.07) is 24.5. The van der Waals surface area contributed by atoms with Crippen LogP contribution in [0.2, 0.25) is 0 Å². The van der Waals surface area contributed by atoms with Crippen molar-refractivity contribution in [1.29, 1.82) is 0 Å². The summed E-state index contributed by atoms with van der Waals surface area (Å²) in [6.07, 6.45) is 2.00. The van der Waals surface area contributed by atoms with Crippen molar-refractivity contribution in [3.8, 4) is 17.2 Å². The maximum absolute atomic E-state index is 6.42. The fourth-order valence-corrected chi connectivity index (χ4v) is 3.99.